The molecule has 0 saturated carbocycles. The van der Waals surface area contributed by atoms with Crippen molar-refractivity contribution in [1.29, 1.82) is 0 Å². The van der Waals surface area contributed by atoms with Crippen molar-refractivity contribution in [3.8, 4) is 0 Å². The Hall–Kier alpha value is -0.820. The maximum Gasteiger partial charge on any atom is 0.0566 e. The van der Waals surface area contributed by atoms with E-state index in [9.17, 15) is 0 Å². The molecule has 0 amide bonds. The van der Waals surface area contributed by atoms with E-state index in [-0.39, 0.29) is 5.41 Å². The normalized spacial score (nSPS) is 27.1. The Morgan fingerprint density at radius 2 is 1.93 bits per heavy atom. The topological polar surface area (TPSA) is 9.23 Å². The Bertz CT molecular complexity index is 283. The molecule has 1 unspecified atom stereocenters. The fourth-order valence-corrected chi connectivity index (χ4v) is 2.37. The second-order valence-corrected chi connectivity index (χ2v) is 4.48. The molecule has 1 aromatic carbocycles. The van der Waals surface area contributed by atoms with Gasteiger partial charge in [-0.05, 0) is 17.9 Å². The summed E-state index contributed by atoms with van der Waals surface area (Å²) in [6, 6.07) is 10.8. The van der Waals surface area contributed by atoms with Gasteiger partial charge >= 0.3 is 0 Å². The molecule has 0 aliphatic carbocycles. The van der Waals surface area contributed by atoms with E-state index >= 15 is 0 Å². The molecule has 0 radical (unpaired) electrons. The van der Waals surface area contributed by atoms with Gasteiger partial charge in [-0.3, -0.25) is 0 Å². The summed E-state index contributed by atoms with van der Waals surface area (Å²) in [4.78, 5) is 0. The molecule has 0 N–H and O–H groups in total. The van der Waals surface area contributed by atoms with Gasteiger partial charge < -0.3 is 4.74 Å². The van der Waals surface area contributed by atoms with Gasteiger partial charge in [-0.15, -0.1) is 0 Å². The molecule has 1 aromatic rings. The van der Waals surface area contributed by atoms with Gasteiger partial charge in [0.15, 0.2) is 0 Å². The van der Waals surface area contributed by atoms with Crippen molar-refractivity contribution in [3.05, 3.63) is 35.9 Å². The lowest BCUT2D eigenvalue weighted by molar-refractivity contribution is 0.162. The molecule has 1 fully saturated rings. The Morgan fingerprint density at radius 3 is 2.43 bits per heavy atom. The Balaban J connectivity index is 2.36. The molecule has 0 aromatic heterocycles. The highest BCUT2D eigenvalue weighted by Gasteiger charge is 2.39. The van der Waals surface area contributed by atoms with Crippen LogP contribution in [0.2, 0.25) is 0 Å². The third kappa shape index (κ3) is 1.46. The molecular weight excluding hydrogens is 172 g/mol. The Labute approximate surface area is 86.1 Å². The fourth-order valence-electron chi connectivity index (χ4n) is 2.37. The number of hydrogen-bond acceptors (Lipinski definition) is 1. The van der Waals surface area contributed by atoms with Crippen molar-refractivity contribution in [2.45, 2.75) is 25.7 Å². The highest BCUT2D eigenvalue weighted by Crippen LogP contribution is 2.39. The first-order chi connectivity index (χ1) is 6.76. The molecular formula is C13H18O. The first-order valence-corrected chi connectivity index (χ1v) is 5.39. The van der Waals surface area contributed by atoms with E-state index in [4.69, 9.17) is 4.74 Å². The Morgan fingerprint density at radius 1 is 1.21 bits per heavy atom. The smallest absolute Gasteiger partial charge is 0.0566 e. The van der Waals surface area contributed by atoms with Crippen LogP contribution in [0.15, 0.2) is 30.3 Å². The zero-order valence-electron chi connectivity index (χ0n) is 8.99. The van der Waals surface area contributed by atoms with Crippen molar-refractivity contribution in [1.82, 2.24) is 0 Å². The molecule has 1 nitrogen and oxygen atoms in total. The lowest BCUT2D eigenvalue weighted by atomic mass is 9.71. The van der Waals surface area contributed by atoms with E-state index in [1.807, 2.05) is 0 Å². The molecule has 1 atom stereocenters. The second-order valence-electron chi connectivity index (χ2n) is 4.48. The molecule has 1 saturated heterocycles. The maximum atomic E-state index is 5.58. The predicted octanol–water partition coefficient (Wildman–Crippen LogP) is 3.00. The van der Waals surface area contributed by atoms with Gasteiger partial charge in [-0.1, -0.05) is 44.2 Å². The van der Waals surface area contributed by atoms with Gasteiger partial charge in [-0.2, -0.15) is 0 Å². The van der Waals surface area contributed by atoms with Crippen LogP contribution in [-0.2, 0) is 10.2 Å². The van der Waals surface area contributed by atoms with Crippen molar-refractivity contribution >= 4 is 0 Å². The van der Waals surface area contributed by atoms with Gasteiger partial charge in [0.1, 0.15) is 0 Å². The lowest BCUT2D eigenvalue weighted by Gasteiger charge is -2.32. The van der Waals surface area contributed by atoms with E-state index in [0.29, 0.717) is 5.92 Å². The summed E-state index contributed by atoms with van der Waals surface area (Å²) in [5, 5.41) is 0. The molecule has 1 heteroatoms. The van der Waals surface area contributed by atoms with Crippen LogP contribution in [0.3, 0.4) is 0 Å². The molecule has 1 aliphatic rings. The van der Waals surface area contributed by atoms with Crippen molar-refractivity contribution in [2.24, 2.45) is 5.92 Å². The van der Waals surface area contributed by atoms with Gasteiger partial charge in [0.25, 0.3) is 0 Å². The molecule has 2 rings (SSSR count). The largest absolute Gasteiger partial charge is 0.380 e. The van der Waals surface area contributed by atoms with Gasteiger partial charge in [0.2, 0.25) is 0 Å². The molecule has 14 heavy (non-hydrogen) atoms. The van der Waals surface area contributed by atoms with Crippen LogP contribution in [0.1, 0.15) is 25.8 Å². The Kier molecular flexibility index (Phi) is 2.60. The summed E-state index contributed by atoms with van der Waals surface area (Å²) in [6.45, 7) is 6.38. The number of ether oxygens (including phenoxy) is 1. The van der Waals surface area contributed by atoms with Gasteiger partial charge in [0.05, 0.1) is 6.61 Å². The minimum atomic E-state index is 0.265. The van der Waals surface area contributed by atoms with Crippen LogP contribution in [-0.4, -0.2) is 13.2 Å². The van der Waals surface area contributed by atoms with Crippen molar-refractivity contribution < 1.29 is 4.74 Å². The summed E-state index contributed by atoms with van der Waals surface area (Å²) in [5.41, 5.74) is 1.70. The van der Waals surface area contributed by atoms with Gasteiger partial charge in [-0.25, -0.2) is 0 Å². The second kappa shape index (κ2) is 3.74. The summed E-state index contributed by atoms with van der Waals surface area (Å²) < 4.78 is 5.58. The summed E-state index contributed by atoms with van der Waals surface area (Å²) >= 11 is 0. The van der Waals surface area contributed by atoms with Crippen LogP contribution < -0.4 is 0 Å². The standard InChI is InChI=1S/C13H18O/c1-11(2)13(8-9-14-10-13)12-6-4-3-5-7-12/h3-7,11H,8-10H2,1-2H3. The lowest BCUT2D eigenvalue weighted by Crippen LogP contribution is -2.32. The molecule has 0 bridgehead atoms. The van der Waals surface area contributed by atoms with Crippen LogP contribution in [0.5, 0.6) is 0 Å². The quantitative estimate of drug-likeness (QED) is 0.696. The summed E-state index contributed by atoms with van der Waals surface area (Å²) in [5.74, 6) is 0.646. The van der Waals surface area contributed by atoms with E-state index in [0.717, 1.165) is 19.6 Å². The summed E-state index contributed by atoms with van der Waals surface area (Å²) in [7, 11) is 0. The van der Waals surface area contributed by atoms with Crippen LogP contribution in [0, 0.1) is 5.92 Å². The predicted molar refractivity (Wildman–Crippen MR) is 58.4 cm³/mol. The number of hydrogen-bond donors (Lipinski definition) is 0. The molecule has 1 heterocycles. The zero-order valence-corrected chi connectivity index (χ0v) is 8.99. The van der Waals surface area contributed by atoms with Crippen molar-refractivity contribution in [2.75, 3.05) is 13.2 Å². The van der Waals surface area contributed by atoms with Gasteiger partial charge in [0, 0.05) is 12.0 Å². The SMILES string of the molecule is CC(C)C1(c2ccccc2)CCOC1. The fraction of sp³-hybridized carbons (Fsp3) is 0.538. The monoisotopic (exact) mass is 190 g/mol. The first-order valence-electron chi connectivity index (χ1n) is 5.39. The molecule has 1 aliphatic heterocycles. The number of benzene rings is 1. The van der Waals surface area contributed by atoms with Crippen LogP contribution in [0.25, 0.3) is 0 Å². The maximum absolute atomic E-state index is 5.58. The third-order valence-corrected chi connectivity index (χ3v) is 3.51. The number of rotatable bonds is 2. The minimum Gasteiger partial charge on any atom is -0.380 e. The van der Waals surface area contributed by atoms with Crippen LogP contribution in [0.4, 0.5) is 0 Å². The molecule has 0 spiro atoms. The third-order valence-electron chi connectivity index (χ3n) is 3.51. The van der Waals surface area contributed by atoms with E-state index in [1.165, 1.54) is 5.56 Å². The minimum absolute atomic E-state index is 0.265. The highest BCUT2D eigenvalue weighted by molar-refractivity contribution is 5.27. The molecule has 76 valence electrons. The van der Waals surface area contributed by atoms with E-state index in [2.05, 4.69) is 44.2 Å². The summed E-state index contributed by atoms with van der Waals surface area (Å²) in [6.07, 6.45) is 1.16. The van der Waals surface area contributed by atoms with E-state index in [1.54, 1.807) is 0 Å². The average Bonchev–Trinajstić information content (AvgIpc) is 2.69. The van der Waals surface area contributed by atoms with Crippen molar-refractivity contribution in [3.63, 3.8) is 0 Å². The first kappa shape index (κ1) is 9.72. The van der Waals surface area contributed by atoms with E-state index < -0.39 is 0 Å². The zero-order chi connectivity index (χ0) is 10.0. The van der Waals surface area contributed by atoms with Crippen LogP contribution >= 0.6 is 0 Å². The highest BCUT2D eigenvalue weighted by atomic mass is 16.5. The average molecular weight is 190 g/mol.